The van der Waals surface area contributed by atoms with E-state index in [-0.39, 0.29) is 11.6 Å². The molecule has 0 saturated carbocycles. The molecule has 0 aromatic heterocycles. The van der Waals surface area contributed by atoms with Crippen LogP contribution in [-0.4, -0.2) is 34.2 Å². The van der Waals surface area contributed by atoms with E-state index in [0.29, 0.717) is 28.6 Å². The lowest BCUT2D eigenvalue weighted by Gasteiger charge is -2.14. The molecule has 0 saturated heterocycles. The molecule has 0 bridgehead atoms. The number of carbonyl (C=O) groups excluding carboxylic acids is 1. The molecule has 3 aromatic rings. The zero-order valence-corrected chi connectivity index (χ0v) is 19.7. The van der Waals surface area contributed by atoms with Crippen molar-refractivity contribution >= 4 is 11.5 Å². The summed E-state index contributed by atoms with van der Waals surface area (Å²) >= 11 is 0. The van der Waals surface area contributed by atoms with Gasteiger partial charge in [-0.3, -0.25) is 4.79 Å². The molecule has 0 aliphatic rings. The van der Waals surface area contributed by atoms with Gasteiger partial charge in [0.25, 0.3) is 0 Å². The average Bonchev–Trinajstić information content (AvgIpc) is 2.87. The summed E-state index contributed by atoms with van der Waals surface area (Å²) < 4.78 is 34.7. The molecule has 0 amide bonds. The van der Waals surface area contributed by atoms with Crippen LogP contribution in [0.1, 0.15) is 21.5 Å². The Kier molecular flexibility index (Phi) is 8.51. The van der Waals surface area contributed by atoms with Crippen molar-refractivity contribution in [3.8, 4) is 23.0 Å². The topological polar surface area (TPSA) is 66.0 Å². The molecule has 3 aromatic carbocycles. The Hall–Kier alpha value is -4.00. The number of hydrogen-bond donors (Lipinski definition) is 1. The van der Waals surface area contributed by atoms with Gasteiger partial charge < -0.3 is 24.3 Å². The van der Waals surface area contributed by atoms with Crippen LogP contribution in [0.5, 0.6) is 23.0 Å². The van der Waals surface area contributed by atoms with E-state index < -0.39 is 0 Å². The molecule has 1 N–H and O–H groups in total. The van der Waals surface area contributed by atoms with Crippen LogP contribution in [0.3, 0.4) is 0 Å². The van der Waals surface area contributed by atoms with Crippen molar-refractivity contribution in [2.24, 2.45) is 0 Å². The first-order chi connectivity index (χ1) is 16.5. The minimum absolute atomic E-state index is 0.231. The number of hydrogen-bond acceptors (Lipinski definition) is 6. The fraction of sp³-hybridized carbons (Fsp3) is 0.222. The third-order valence-corrected chi connectivity index (χ3v) is 5.29. The van der Waals surface area contributed by atoms with E-state index in [0.717, 1.165) is 29.7 Å². The lowest BCUT2D eigenvalue weighted by molar-refractivity contribution is 0.104. The number of halogens is 1. The average molecular weight is 466 g/mol. The summed E-state index contributed by atoms with van der Waals surface area (Å²) in [6.07, 6.45) is 4.46. The van der Waals surface area contributed by atoms with Gasteiger partial charge in [-0.2, -0.15) is 0 Å². The van der Waals surface area contributed by atoms with Gasteiger partial charge in [-0.05, 0) is 72.5 Å². The number of benzene rings is 3. The first kappa shape index (κ1) is 24.6. The van der Waals surface area contributed by atoms with Gasteiger partial charge >= 0.3 is 0 Å². The summed E-state index contributed by atoms with van der Waals surface area (Å²) in [6.45, 7) is 0. The van der Waals surface area contributed by atoms with Crippen molar-refractivity contribution in [1.29, 1.82) is 0 Å². The highest BCUT2D eigenvalue weighted by Gasteiger charge is 2.13. The van der Waals surface area contributed by atoms with Gasteiger partial charge in [0.15, 0.2) is 17.3 Å². The molecule has 0 spiro atoms. The standard InChI is InChI=1S/C27H28FNO5/c1-31-24-12-7-18(5-6-19-16-25(32-2)27(34-4)26(17-19)33-3)15-22(24)29-14-13-23(30)20-8-10-21(28)11-9-20/h7-17,29H,5-6H2,1-4H3/b14-13-. The van der Waals surface area contributed by atoms with Gasteiger partial charge in [-0.25, -0.2) is 4.39 Å². The predicted octanol–water partition coefficient (Wildman–Crippen LogP) is 5.45. The molecule has 6 nitrogen and oxygen atoms in total. The lowest BCUT2D eigenvalue weighted by Crippen LogP contribution is -2.00. The molecular formula is C27H28FNO5. The second kappa shape index (κ2) is 11.7. The number of ether oxygens (including phenoxy) is 4. The van der Waals surface area contributed by atoms with Gasteiger partial charge in [0, 0.05) is 17.8 Å². The summed E-state index contributed by atoms with van der Waals surface area (Å²) in [5.41, 5.74) is 3.26. The second-order valence-corrected chi connectivity index (χ2v) is 7.42. The Morgan fingerprint density at radius 1 is 0.794 bits per heavy atom. The van der Waals surface area contributed by atoms with Crippen molar-refractivity contribution in [2.75, 3.05) is 33.8 Å². The maximum atomic E-state index is 13.1. The molecule has 34 heavy (non-hydrogen) atoms. The first-order valence-electron chi connectivity index (χ1n) is 10.7. The summed E-state index contributed by atoms with van der Waals surface area (Å²) in [5, 5.41) is 3.11. The van der Waals surface area contributed by atoms with E-state index in [1.165, 1.54) is 30.3 Å². The van der Waals surface area contributed by atoms with Crippen LogP contribution < -0.4 is 24.3 Å². The molecule has 7 heteroatoms. The maximum absolute atomic E-state index is 13.1. The Balaban J connectivity index is 1.71. The fourth-order valence-corrected chi connectivity index (χ4v) is 3.51. The Morgan fingerprint density at radius 3 is 2.00 bits per heavy atom. The van der Waals surface area contributed by atoms with Crippen LogP contribution in [0.15, 0.2) is 66.9 Å². The SMILES string of the molecule is COc1ccc(CCc2cc(OC)c(OC)c(OC)c2)cc1N/C=C\C(=O)c1ccc(F)cc1. The molecule has 0 aliphatic carbocycles. The molecule has 178 valence electrons. The van der Waals surface area contributed by atoms with Crippen LogP contribution in [0.2, 0.25) is 0 Å². The summed E-state index contributed by atoms with van der Waals surface area (Å²) in [6, 6.07) is 15.1. The lowest BCUT2D eigenvalue weighted by atomic mass is 10.0. The largest absolute Gasteiger partial charge is 0.495 e. The van der Waals surface area contributed by atoms with Crippen molar-refractivity contribution in [3.63, 3.8) is 0 Å². The monoisotopic (exact) mass is 465 g/mol. The third kappa shape index (κ3) is 6.07. The molecule has 0 radical (unpaired) electrons. The van der Waals surface area contributed by atoms with E-state index in [1.807, 2.05) is 30.3 Å². The molecule has 0 fully saturated rings. The second-order valence-electron chi connectivity index (χ2n) is 7.42. The van der Waals surface area contributed by atoms with Gasteiger partial charge in [-0.1, -0.05) is 6.07 Å². The van der Waals surface area contributed by atoms with Gasteiger partial charge in [-0.15, -0.1) is 0 Å². The van der Waals surface area contributed by atoms with Crippen molar-refractivity contribution in [1.82, 2.24) is 0 Å². The highest BCUT2D eigenvalue weighted by Crippen LogP contribution is 2.38. The number of nitrogens with one attached hydrogen (secondary N) is 1. The van der Waals surface area contributed by atoms with E-state index >= 15 is 0 Å². The van der Waals surface area contributed by atoms with E-state index in [9.17, 15) is 9.18 Å². The molecule has 0 heterocycles. The van der Waals surface area contributed by atoms with Gasteiger partial charge in [0.2, 0.25) is 5.75 Å². The Labute approximate surface area is 198 Å². The molecule has 3 rings (SSSR count). The Bertz CT molecular complexity index is 1130. The van der Waals surface area contributed by atoms with Crippen molar-refractivity contribution in [3.05, 3.63) is 89.4 Å². The van der Waals surface area contributed by atoms with Gasteiger partial charge in [0.1, 0.15) is 11.6 Å². The number of methoxy groups -OCH3 is 4. The number of aryl methyl sites for hydroxylation is 2. The molecular weight excluding hydrogens is 437 g/mol. The number of allylic oxidation sites excluding steroid dienone is 1. The minimum Gasteiger partial charge on any atom is -0.495 e. The smallest absolute Gasteiger partial charge is 0.203 e. The van der Waals surface area contributed by atoms with Crippen LogP contribution in [0.4, 0.5) is 10.1 Å². The fourth-order valence-electron chi connectivity index (χ4n) is 3.51. The summed E-state index contributed by atoms with van der Waals surface area (Å²) in [4.78, 5) is 12.3. The van der Waals surface area contributed by atoms with E-state index in [2.05, 4.69) is 5.32 Å². The predicted molar refractivity (Wildman–Crippen MR) is 130 cm³/mol. The van der Waals surface area contributed by atoms with Crippen LogP contribution in [0.25, 0.3) is 0 Å². The number of ketones is 1. The zero-order valence-electron chi connectivity index (χ0n) is 19.7. The summed E-state index contributed by atoms with van der Waals surface area (Å²) in [7, 11) is 6.35. The normalized spacial score (nSPS) is 10.7. The zero-order chi connectivity index (χ0) is 24.5. The van der Waals surface area contributed by atoms with Crippen LogP contribution >= 0.6 is 0 Å². The minimum atomic E-state index is -0.383. The third-order valence-electron chi connectivity index (χ3n) is 5.29. The van der Waals surface area contributed by atoms with E-state index in [4.69, 9.17) is 18.9 Å². The number of carbonyl (C=O) groups is 1. The van der Waals surface area contributed by atoms with Crippen LogP contribution in [0, 0.1) is 5.82 Å². The van der Waals surface area contributed by atoms with Crippen molar-refractivity contribution < 1.29 is 28.1 Å². The highest BCUT2D eigenvalue weighted by molar-refractivity contribution is 6.04. The first-order valence-corrected chi connectivity index (χ1v) is 10.7. The summed E-state index contributed by atoms with van der Waals surface area (Å²) in [5.74, 6) is 1.83. The van der Waals surface area contributed by atoms with Gasteiger partial charge in [0.05, 0.1) is 34.1 Å². The maximum Gasteiger partial charge on any atom is 0.203 e. The highest BCUT2D eigenvalue weighted by atomic mass is 19.1. The Morgan fingerprint density at radius 2 is 1.41 bits per heavy atom. The molecule has 0 atom stereocenters. The number of anilines is 1. The van der Waals surface area contributed by atoms with Crippen molar-refractivity contribution in [2.45, 2.75) is 12.8 Å². The van der Waals surface area contributed by atoms with Crippen LogP contribution in [-0.2, 0) is 12.8 Å². The quantitative estimate of drug-likeness (QED) is 0.300. The van der Waals surface area contributed by atoms with E-state index in [1.54, 1.807) is 34.6 Å². The molecule has 0 aliphatic heterocycles. The number of rotatable bonds is 11. The molecule has 0 unspecified atom stereocenters.